The molecule has 0 radical (unpaired) electrons. The Hall–Kier alpha value is -1.42. The highest BCUT2D eigenvalue weighted by atomic mass is 15.3. The maximum atomic E-state index is 4.66. The van der Waals surface area contributed by atoms with Crippen LogP contribution in [0.25, 0.3) is 5.65 Å². The SMILES string of the molecule is Cc1cccn2nc(CC3CCN(C)CC3)nc12. The average Bonchev–Trinajstić information content (AvgIpc) is 2.76. The number of rotatable bonds is 2. The van der Waals surface area contributed by atoms with E-state index < -0.39 is 0 Å². The van der Waals surface area contributed by atoms with Gasteiger partial charge in [-0.15, -0.1) is 0 Å². The quantitative estimate of drug-likeness (QED) is 0.809. The van der Waals surface area contributed by atoms with Crippen LogP contribution >= 0.6 is 0 Å². The highest BCUT2D eigenvalue weighted by Gasteiger charge is 2.19. The minimum atomic E-state index is 0.749. The highest BCUT2D eigenvalue weighted by Crippen LogP contribution is 2.20. The second-order valence-corrected chi connectivity index (χ2v) is 5.44. The Bertz CT molecular complexity index is 538. The lowest BCUT2D eigenvalue weighted by atomic mass is 9.94. The number of likely N-dealkylation sites (tertiary alicyclic amines) is 1. The number of fused-ring (bicyclic) bond motifs is 1. The molecule has 0 atom stereocenters. The van der Waals surface area contributed by atoms with Crippen LogP contribution in [0.2, 0.25) is 0 Å². The molecule has 1 aliphatic heterocycles. The number of aryl methyl sites for hydroxylation is 1. The molecule has 1 aliphatic rings. The van der Waals surface area contributed by atoms with E-state index in [0.29, 0.717) is 0 Å². The third-order valence-corrected chi connectivity index (χ3v) is 3.91. The van der Waals surface area contributed by atoms with Crippen molar-refractivity contribution in [3.8, 4) is 0 Å². The molecule has 0 unspecified atom stereocenters. The molecule has 0 aliphatic carbocycles. The predicted molar refractivity (Wildman–Crippen MR) is 71.6 cm³/mol. The van der Waals surface area contributed by atoms with Crippen LogP contribution in [0.3, 0.4) is 0 Å². The number of hydrogen-bond acceptors (Lipinski definition) is 3. The Morgan fingerprint density at radius 1 is 1.33 bits per heavy atom. The van der Waals surface area contributed by atoms with Crippen LogP contribution in [0.4, 0.5) is 0 Å². The Balaban J connectivity index is 1.77. The summed E-state index contributed by atoms with van der Waals surface area (Å²) in [7, 11) is 2.20. The first-order valence-corrected chi connectivity index (χ1v) is 6.72. The molecule has 0 N–H and O–H groups in total. The maximum absolute atomic E-state index is 4.66. The third kappa shape index (κ3) is 2.25. The molecule has 2 aromatic rings. The summed E-state index contributed by atoms with van der Waals surface area (Å²) < 4.78 is 1.90. The largest absolute Gasteiger partial charge is 0.306 e. The van der Waals surface area contributed by atoms with Crippen molar-refractivity contribution >= 4 is 5.65 Å². The van der Waals surface area contributed by atoms with Gasteiger partial charge in [0, 0.05) is 12.6 Å². The first-order chi connectivity index (χ1) is 8.72. The average molecular weight is 244 g/mol. The van der Waals surface area contributed by atoms with Gasteiger partial charge in [0.15, 0.2) is 11.5 Å². The van der Waals surface area contributed by atoms with Crippen LogP contribution < -0.4 is 0 Å². The molecule has 0 aromatic carbocycles. The molecule has 4 heteroatoms. The van der Waals surface area contributed by atoms with Gasteiger partial charge >= 0.3 is 0 Å². The van der Waals surface area contributed by atoms with Crippen molar-refractivity contribution in [1.82, 2.24) is 19.5 Å². The van der Waals surface area contributed by atoms with E-state index in [9.17, 15) is 0 Å². The van der Waals surface area contributed by atoms with Gasteiger partial charge in [-0.1, -0.05) is 6.07 Å². The number of hydrogen-bond donors (Lipinski definition) is 0. The molecule has 0 bridgehead atoms. The van der Waals surface area contributed by atoms with Gasteiger partial charge in [0.05, 0.1) is 0 Å². The number of piperidine rings is 1. The van der Waals surface area contributed by atoms with Crippen molar-refractivity contribution in [3.05, 3.63) is 29.7 Å². The standard InChI is InChI=1S/C14H20N4/c1-11-4-3-7-18-14(11)15-13(16-18)10-12-5-8-17(2)9-6-12/h3-4,7,12H,5-6,8-10H2,1-2H3. The van der Waals surface area contributed by atoms with Crippen LogP contribution in [0, 0.1) is 12.8 Å². The van der Waals surface area contributed by atoms with Gasteiger partial charge < -0.3 is 4.90 Å². The van der Waals surface area contributed by atoms with Crippen LogP contribution in [-0.2, 0) is 6.42 Å². The summed E-state index contributed by atoms with van der Waals surface area (Å²) in [5.74, 6) is 1.75. The smallest absolute Gasteiger partial charge is 0.158 e. The van der Waals surface area contributed by atoms with Crippen molar-refractivity contribution in [1.29, 1.82) is 0 Å². The second-order valence-electron chi connectivity index (χ2n) is 5.44. The predicted octanol–water partition coefficient (Wildman–Crippen LogP) is 1.92. The summed E-state index contributed by atoms with van der Waals surface area (Å²) in [4.78, 5) is 7.06. The summed E-state index contributed by atoms with van der Waals surface area (Å²) in [6.45, 7) is 4.50. The Labute approximate surface area is 108 Å². The van der Waals surface area contributed by atoms with Crippen molar-refractivity contribution in [2.24, 2.45) is 5.92 Å². The summed E-state index contributed by atoms with van der Waals surface area (Å²) in [6, 6.07) is 4.11. The van der Waals surface area contributed by atoms with E-state index in [4.69, 9.17) is 0 Å². The summed E-state index contributed by atoms with van der Waals surface area (Å²) in [6.07, 6.45) is 5.54. The summed E-state index contributed by atoms with van der Waals surface area (Å²) in [5.41, 5.74) is 2.19. The van der Waals surface area contributed by atoms with Gasteiger partial charge in [0.2, 0.25) is 0 Å². The van der Waals surface area contributed by atoms with Gasteiger partial charge in [-0.2, -0.15) is 5.10 Å². The molecule has 0 spiro atoms. The molecule has 2 aromatic heterocycles. The first kappa shape index (κ1) is 11.7. The maximum Gasteiger partial charge on any atom is 0.158 e. The van der Waals surface area contributed by atoms with Crippen LogP contribution in [-0.4, -0.2) is 39.6 Å². The van der Waals surface area contributed by atoms with Gasteiger partial charge in [-0.3, -0.25) is 0 Å². The molecule has 1 saturated heterocycles. The number of pyridine rings is 1. The minimum Gasteiger partial charge on any atom is -0.306 e. The fourth-order valence-electron chi connectivity index (χ4n) is 2.69. The zero-order chi connectivity index (χ0) is 12.5. The molecule has 0 amide bonds. The lowest BCUT2D eigenvalue weighted by Gasteiger charge is -2.28. The van der Waals surface area contributed by atoms with Gasteiger partial charge in [-0.25, -0.2) is 9.50 Å². The van der Waals surface area contributed by atoms with Crippen LogP contribution in [0.15, 0.2) is 18.3 Å². The Morgan fingerprint density at radius 3 is 2.83 bits per heavy atom. The molecule has 96 valence electrons. The Morgan fingerprint density at radius 2 is 2.11 bits per heavy atom. The van der Waals surface area contributed by atoms with E-state index in [1.165, 1.54) is 31.5 Å². The van der Waals surface area contributed by atoms with Crippen LogP contribution in [0.1, 0.15) is 24.2 Å². The van der Waals surface area contributed by atoms with E-state index in [0.717, 1.165) is 23.8 Å². The fraction of sp³-hybridized carbons (Fsp3) is 0.571. The van der Waals surface area contributed by atoms with Crippen molar-refractivity contribution in [2.45, 2.75) is 26.2 Å². The second kappa shape index (κ2) is 4.69. The lowest BCUT2D eigenvalue weighted by Crippen LogP contribution is -2.31. The topological polar surface area (TPSA) is 33.4 Å². The van der Waals surface area contributed by atoms with Crippen molar-refractivity contribution < 1.29 is 0 Å². The fourth-order valence-corrected chi connectivity index (χ4v) is 2.69. The highest BCUT2D eigenvalue weighted by molar-refractivity contribution is 5.45. The molecule has 1 fully saturated rings. The third-order valence-electron chi connectivity index (χ3n) is 3.91. The number of aromatic nitrogens is 3. The normalized spacial score (nSPS) is 18.6. The van der Waals surface area contributed by atoms with Crippen molar-refractivity contribution in [2.75, 3.05) is 20.1 Å². The van der Waals surface area contributed by atoms with E-state index in [-0.39, 0.29) is 0 Å². The van der Waals surface area contributed by atoms with E-state index in [1.807, 2.05) is 16.8 Å². The zero-order valence-electron chi connectivity index (χ0n) is 11.1. The van der Waals surface area contributed by atoms with Gasteiger partial charge in [0.25, 0.3) is 0 Å². The summed E-state index contributed by atoms with van der Waals surface area (Å²) >= 11 is 0. The molecule has 3 heterocycles. The van der Waals surface area contributed by atoms with Gasteiger partial charge in [0.1, 0.15) is 0 Å². The van der Waals surface area contributed by atoms with Crippen molar-refractivity contribution in [3.63, 3.8) is 0 Å². The van der Waals surface area contributed by atoms with E-state index in [1.54, 1.807) is 0 Å². The van der Waals surface area contributed by atoms with E-state index >= 15 is 0 Å². The molecule has 3 rings (SSSR count). The minimum absolute atomic E-state index is 0.749. The zero-order valence-corrected chi connectivity index (χ0v) is 11.1. The van der Waals surface area contributed by atoms with Gasteiger partial charge in [-0.05, 0) is 57.5 Å². The molecular formula is C14H20N4. The Kier molecular flexibility index (Phi) is 3.04. The number of nitrogens with zero attached hydrogens (tertiary/aromatic N) is 4. The van der Waals surface area contributed by atoms with Crippen LogP contribution in [0.5, 0.6) is 0 Å². The molecule has 4 nitrogen and oxygen atoms in total. The summed E-state index contributed by atoms with van der Waals surface area (Å²) in [5, 5.41) is 4.58. The molecular weight excluding hydrogens is 224 g/mol. The monoisotopic (exact) mass is 244 g/mol. The molecule has 18 heavy (non-hydrogen) atoms. The van der Waals surface area contributed by atoms with E-state index in [2.05, 4.69) is 35.0 Å². The lowest BCUT2D eigenvalue weighted by molar-refractivity contribution is 0.217. The molecule has 0 saturated carbocycles. The first-order valence-electron chi connectivity index (χ1n) is 6.72.